The van der Waals surface area contributed by atoms with E-state index in [-0.39, 0.29) is 5.75 Å². The molecule has 0 saturated heterocycles. The van der Waals surface area contributed by atoms with Crippen LogP contribution in [0.25, 0.3) is 0 Å². The Balaban J connectivity index is 2.84. The number of thioether (sulfide) groups is 1. The number of benzene rings is 1. The highest BCUT2D eigenvalue weighted by Crippen LogP contribution is 2.26. The predicted molar refractivity (Wildman–Crippen MR) is 54.7 cm³/mol. The molecule has 0 aromatic heterocycles. The zero-order chi connectivity index (χ0) is 12.3. The van der Waals surface area contributed by atoms with Crippen molar-refractivity contribution in [2.24, 2.45) is 0 Å². The van der Waals surface area contributed by atoms with E-state index < -0.39 is 12.1 Å². The summed E-state index contributed by atoms with van der Waals surface area (Å²) in [4.78, 5) is 11.5. The van der Waals surface area contributed by atoms with Crippen LogP contribution in [0.3, 0.4) is 0 Å². The summed E-state index contributed by atoms with van der Waals surface area (Å²) in [5.74, 6) is -2.30. The molecule has 1 rings (SSSR count). The Labute approximate surface area is 94.8 Å². The smallest absolute Gasteiger partial charge is 0.420 e. The molecule has 0 fully saturated rings. The maximum atomic E-state index is 11.9. The van der Waals surface area contributed by atoms with E-state index in [1.165, 1.54) is 23.9 Å². The first kappa shape index (κ1) is 12.9. The highest BCUT2D eigenvalue weighted by Gasteiger charge is 2.41. The Morgan fingerprint density at radius 3 is 2.44 bits per heavy atom. The minimum Gasteiger partial charge on any atom is -0.420 e. The second-order valence-electron chi connectivity index (χ2n) is 3.02. The van der Waals surface area contributed by atoms with Crippen LogP contribution in [0.4, 0.5) is 13.2 Å². The van der Waals surface area contributed by atoms with Crippen molar-refractivity contribution in [2.75, 3.05) is 6.26 Å². The molecular weight excluding hydrogens is 241 g/mol. The molecule has 0 bridgehead atoms. The Kier molecular flexibility index (Phi) is 3.85. The molecule has 0 saturated carbocycles. The number of carbonyl (C=O) groups is 1. The molecule has 88 valence electrons. The highest BCUT2D eigenvalue weighted by molar-refractivity contribution is 7.98. The third kappa shape index (κ3) is 3.16. The van der Waals surface area contributed by atoms with Gasteiger partial charge in [0.15, 0.2) is 0 Å². The SMILES string of the molecule is CSc1ccc(OC(=O)C(F)(F)F)cc1C. The van der Waals surface area contributed by atoms with E-state index in [1.54, 1.807) is 13.0 Å². The first-order valence-corrected chi connectivity index (χ1v) is 5.50. The summed E-state index contributed by atoms with van der Waals surface area (Å²) in [7, 11) is 0. The molecule has 0 amide bonds. The van der Waals surface area contributed by atoms with Gasteiger partial charge in [0.25, 0.3) is 0 Å². The van der Waals surface area contributed by atoms with Gasteiger partial charge in [-0.25, -0.2) is 4.79 Å². The number of alkyl halides is 3. The zero-order valence-electron chi connectivity index (χ0n) is 8.59. The zero-order valence-corrected chi connectivity index (χ0v) is 9.41. The van der Waals surface area contributed by atoms with Crippen LogP contribution in [0, 0.1) is 6.92 Å². The van der Waals surface area contributed by atoms with Gasteiger partial charge in [0.05, 0.1) is 0 Å². The maximum Gasteiger partial charge on any atom is 0.491 e. The van der Waals surface area contributed by atoms with Gasteiger partial charge in [-0.05, 0) is 36.9 Å². The van der Waals surface area contributed by atoms with Gasteiger partial charge in [0, 0.05) is 4.90 Å². The van der Waals surface area contributed by atoms with Crippen LogP contribution in [0.15, 0.2) is 23.1 Å². The van der Waals surface area contributed by atoms with E-state index in [0.29, 0.717) is 0 Å². The number of halogens is 3. The fourth-order valence-corrected chi connectivity index (χ4v) is 1.66. The van der Waals surface area contributed by atoms with Gasteiger partial charge in [-0.15, -0.1) is 11.8 Å². The van der Waals surface area contributed by atoms with Crippen LogP contribution in [0.2, 0.25) is 0 Å². The van der Waals surface area contributed by atoms with Crippen molar-refractivity contribution in [3.63, 3.8) is 0 Å². The van der Waals surface area contributed by atoms with Gasteiger partial charge in [0.2, 0.25) is 0 Å². The molecule has 0 N–H and O–H groups in total. The van der Waals surface area contributed by atoms with E-state index in [9.17, 15) is 18.0 Å². The third-order valence-corrected chi connectivity index (χ3v) is 2.71. The Hall–Kier alpha value is -1.17. The number of hydrogen-bond donors (Lipinski definition) is 0. The molecule has 16 heavy (non-hydrogen) atoms. The van der Waals surface area contributed by atoms with Gasteiger partial charge in [-0.2, -0.15) is 13.2 Å². The van der Waals surface area contributed by atoms with Crippen molar-refractivity contribution in [1.29, 1.82) is 0 Å². The Morgan fingerprint density at radius 2 is 2.00 bits per heavy atom. The molecule has 0 aliphatic rings. The minimum atomic E-state index is -4.97. The molecule has 6 heteroatoms. The lowest BCUT2D eigenvalue weighted by molar-refractivity contribution is -0.189. The molecule has 1 aromatic carbocycles. The fourth-order valence-electron chi connectivity index (χ4n) is 1.08. The Morgan fingerprint density at radius 1 is 1.38 bits per heavy atom. The number of carbonyl (C=O) groups excluding carboxylic acids is 1. The normalized spacial score (nSPS) is 11.3. The number of esters is 1. The summed E-state index contributed by atoms with van der Waals surface area (Å²) in [6.07, 6.45) is -3.12. The fraction of sp³-hybridized carbons (Fsp3) is 0.300. The van der Waals surface area contributed by atoms with Crippen LogP contribution in [0.1, 0.15) is 5.56 Å². The standard InChI is InChI=1S/C10H9F3O2S/c1-6-5-7(3-4-8(6)16-2)15-9(14)10(11,12)13/h3-5H,1-2H3. The van der Waals surface area contributed by atoms with E-state index in [4.69, 9.17) is 0 Å². The monoisotopic (exact) mass is 250 g/mol. The van der Waals surface area contributed by atoms with Gasteiger partial charge in [-0.1, -0.05) is 0 Å². The number of ether oxygens (including phenoxy) is 1. The minimum absolute atomic E-state index is 0.0994. The van der Waals surface area contributed by atoms with E-state index in [0.717, 1.165) is 10.5 Å². The van der Waals surface area contributed by atoms with Crippen molar-refractivity contribution in [1.82, 2.24) is 0 Å². The summed E-state index contributed by atoms with van der Waals surface area (Å²) in [6, 6.07) is 4.34. The molecule has 1 aromatic rings. The predicted octanol–water partition coefficient (Wildman–Crippen LogP) is 3.18. The molecule has 0 atom stereocenters. The molecule has 0 spiro atoms. The Bertz CT molecular complexity index is 402. The molecule has 0 heterocycles. The van der Waals surface area contributed by atoms with E-state index in [2.05, 4.69) is 4.74 Å². The number of rotatable bonds is 2. The largest absolute Gasteiger partial charge is 0.491 e. The summed E-state index contributed by atoms with van der Waals surface area (Å²) in [5.41, 5.74) is 0.764. The highest BCUT2D eigenvalue weighted by atomic mass is 32.2. The second kappa shape index (κ2) is 4.78. The summed E-state index contributed by atoms with van der Waals surface area (Å²) in [6.45, 7) is 1.73. The molecule has 0 aliphatic carbocycles. The molecule has 0 radical (unpaired) electrons. The lowest BCUT2D eigenvalue weighted by Crippen LogP contribution is -2.27. The van der Waals surface area contributed by atoms with Gasteiger partial charge in [-0.3, -0.25) is 0 Å². The van der Waals surface area contributed by atoms with Crippen LogP contribution < -0.4 is 4.74 Å². The lowest BCUT2D eigenvalue weighted by Gasteiger charge is -2.08. The molecule has 0 unspecified atom stereocenters. The molecule has 0 aliphatic heterocycles. The third-order valence-electron chi connectivity index (χ3n) is 1.81. The van der Waals surface area contributed by atoms with Crippen LogP contribution >= 0.6 is 11.8 Å². The molecular formula is C10H9F3O2S. The number of hydrogen-bond acceptors (Lipinski definition) is 3. The summed E-state index contributed by atoms with van der Waals surface area (Å²) < 4.78 is 39.9. The number of aryl methyl sites for hydroxylation is 1. The lowest BCUT2D eigenvalue weighted by atomic mass is 10.2. The second-order valence-corrected chi connectivity index (χ2v) is 3.87. The van der Waals surface area contributed by atoms with Crippen molar-refractivity contribution in [3.05, 3.63) is 23.8 Å². The first-order chi connectivity index (χ1) is 7.34. The summed E-state index contributed by atoms with van der Waals surface area (Å²) >= 11 is 1.47. The first-order valence-electron chi connectivity index (χ1n) is 4.28. The quantitative estimate of drug-likeness (QED) is 0.458. The average Bonchev–Trinajstić information content (AvgIpc) is 2.16. The van der Waals surface area contributed by atoms with Crippen LogP contribution in [0.5, 0.6) is 5.75 Å². The van der Waals surface area contributed by atoms with E-state index >= 15 is 0 Å². The van der Waals surface area contributed by atoms with Gasteiger partial charge >= 0.3 is 12.1 Å². The van der Waals surface area contributed by atoms with Crippen LogP contribution in [-0.2, 0) is 4.79 Å². The topological polar surface area (TPSA) is 26.3 Å². The van der Waals surface area contributed by atoms with Crippen molar-refractivity contribution in [2.45, 2.75) is 18.0 Å². The summed E-state index contributed by atoms with van der Waals surface area (Å²) in [5, 5.41) is 0. The van der Waals surface area contributed by atoms with Crippen molar-refractivity contribution < 1.29 is 22.7 Å². The van der Waals surface area contributed by atoms with E-state index in [1.807, 2.05) is 6.26 Å². The van der Waals surface area contributed by atoms with Gasteiger partial charge in [0.1, 0.15) is 5.75 Å². The van der Waals surface area contributed by atoms with Gasteiger partial charge < -0.3 is 4.74 Å². The van der Waals surface area contributed by atoms with Crippen molar-refractivity contribution >= 4 is 17.7 Å². The van der Waals surface area contributed by atoms with Crippen molar-refractivity contribution in [3.8, 4) is 5.75 Å². The maximum absolute atomic E-state index is 11.9. The van der Waals surface area contributed by atoms with Crippen LogP contribution in [-0.4, -0.2) is 18.4 Å². The molecule has 2 nitrogen and oxygen atoms in total. The average molecular weight is 250 g/mol.